The van der Waals surface area contributed by atoms with Crippen LogP contribution in [0, 0.1) is 5.92 Å². The molecule has 4 rings (SSSR count). The molecule has 0 unspecified atom stereocenters. The number of carboxylic acid groups (broad SMARTS) is 1. The molecule has 0 radical (unpaired) electrons. The van der Waals surface area contributed by atoms with Crippen molar-refractivity contribution >= 4 is 35.5 Å². The number of nitrogens with zero attached hydrogens (tertiary/aromatic N) is 1. The Labute approximate surface area is 218 Å². The third kappa shape index (κ3) is 10.3. The van der Waals surface area contributed by atoms with E-state index in [1.807, 2.05) is 12.3 Å². The van der Waals surface area contributed by atoms with Crippen molar-refractivity contribution in [2.24, 2.45) is 5.92 Å². The van der Waals surface area contributed by atoms with Gasteiger partial charge in [-0.3, -0.25) is 9.78 Å². The highest BCUT2D eigenvalue weighted by Crippen LogP contribution is 2.31. The fraction of sp³-hybridized carbons (Fsp3) is 0.464. The van der Waals surface area contributed by atoms with Crippen LogP contribution in [-0.2, 0) is 33.8 Å². The van der Waals surface area contributed by atoms with Crippen molar-refractivity contribution in [2.45, 2.75) is 64.8 Å². The van der Waals surface area contributed by atoms with Gasteiger partial charge in [0.15, 0.2) is 0 Å². The fourth-order valence-electron chi connectivity index (χ4n) is 4.33. The lowest BCUT2D eigenvalue weighted by molar-refractivity contribution is -0.191. The van der Waals surface area contributed by atoms with E-state index in [4.69, 9.17) is 26.3 Å². The number of nitrogens with one attached hydrogen (secondary N) is 2. The largest absolute Gasteiger partial charge is 0.481 e. The summed E-state index contributed by atoms with van der Waals surface area (Å²) in [5, 5.41) is 15.5. The number of benzene rings is 1. The number of carbonyl (C=O) groups is 1. The van der Waals surface area contributed by atoms with Gasteiger partial charge in [0.05, 0.1) is 22.9 Å². The van der Waals surface area contributed by atoms with E-state index < -0.39 is 5.97 Å². The molecular weight excluding hydrogens is 478 g/mol. The average Bonchev–Trinajstić information content (AvgIpc) is 3.15. The van der Waals surface area contributed by atoms with E-state index >= 15 is 0 Å². The molecule has 1 fully saturated rings. The summed E-state index contributed by atoms with van der Waals surface area (Å²) >= 11 is 6.51. The lowest BCUT2D eigenvalue weighted by Gasteiger charge is -2.17. The molecule has 0 spiro atoms. The van der Waals surface area contributed by atoms with Crippen LogP contribution >= 0.6 is 11.6 Å². The lowest BCUT2D eigenvalue weighted by Crippen LogP contribution is -2.16. The number of anilines is 1. The Morgan fingerprint density at radius 2 is 1.86 bits per heavy atom. The second-order valence-corrected chi connectivity index (χ2v) is 9.24. The molecule has 8 heteroatoms. The zero-order valence-corrected chi connectivity index (χ0v) is 21.7. The molecule has 1 saturated carbocycles. The second-order valence-electron chi connectivity index (χ2n) is 8.83. The molecule has 0 saturated heterocycles. The standard InChI is InChI=1S/C24H30ClN3.C3H6O2.CO2/c25-23-11-9-20-12-14-26-15-13-22(20)24(23)28-17-21-10-8-19(16-27-21)7-6-18-4-2-1-3-5-18;1-2-3(4)5;2-1-3/h6-11,16,18,26,28H,1-5,12-15,17H2;2H2,1H3,(H,4,5);/b7-6+;;. The first-order valence-corrected chi connectivity index (χ1v) is 12.9. The minimum atomic E-state index is -0.745. The number of hydrogen-bond donors (Lipinski definition) is 3. The molecule has 0 amide bonds. The summed E-state index contributed by atoms with van der Waals surface area (Å²) in [5.74, 6) is 0.00469. The highest BCUT2D eigenvalue weighted by atomic mass is 35.5. The Hall–Kier alpha value is -2.99. The molecule has 1 aliphatic carbocycles. The summed E-state index contributed by atoms with van der Waals surface area (Å²) < 4.78 is 0. The van der Waals surface area contributed by atoms with Crippen LogP contribution in [0.5, 0.6) is 0 Å². The number of aromatic nitrogens is 1. The quantitative estimate of drug-likeness (QED) is 0.466. The molecule has 194 valence electrons. The van der Waals surface area contributed by atoms with Crippen LogP contribution in [0.2, 0.25) is 5.02 Å². The predicted octanol–water partition coefficient (Wildman–Crippen LogP) is 5.53. The number of pyridine rings is 1. The Kier molecular flexibility index (Phi) is 13.5. The maximum atomic E-state index is 9.37. The third-order valence-electron chi connectivity index (χ3n) is 6.29. The van der Waals surface area contributed by atoms with Gasteiger partial charge in [-0.15, -0.1) is 0 Å². The van der Waals surface area contributed by atoms with Gasteiger partial charge >= 0.3 is 12.1 Å². The first kappa shape index (κ1) is 29.2. The van der Waals surface area contributed by atoms with E-state index in [0.717, 1.165) is 48.3 Å². The molecule has 0 bridgehead atoms. The number of aliphatic carboxylic acids is 1. The minimum Gasteiger partial charge on any atom is -0.481 e. The molecule has 2 heterocycles. The van der Waals surface area contributed by atoms with E-state index in [-0.39, 0.29) is 12.6 Å². The summed E-state index contributed by atoms with van der Waals surface area (Å²) in [6.07, 6.45) is 16.0. The Bertz CT molecular complexity index is 1010. The number of carbonyl (C=O) groups excluding carboxylic acids is 2. The second kappa shape index (κ2) is 16.6. The maximum absolute atomic E-state index is 9.37. The zero-order chi connectivity index (χ0) is 26.2. The molecule has 7 nitrogen and oxygen atoms in total. The number of fused-ring (bicyclic) bond motifs is 1. The normalized spacial score (nSPS) is 15.3. The van der Waals surface area contributed by atoms with Crippen molar-refractivity contribution < 1.29 is 19.5 Å². The zero-order valence-electron chi connectivity index (χ0n) is 20.9. The van der Waals surface area contributed by atoms with Crippen molar-refractivity contribution in [2.75, 3.05) is 18.4 Å². The highest BCUT2D eigenvalue weighted by Gasteiger charge is 2.15. The summed E-state index contributed by atoms with van der Waals surface area (Å²) in [5.41, 5.74) is 6.05. The smallest absolute Gasteiger partial charge is 0.373 e. The first-order chi connectivity index (χ1) is 17.5. The Morgan fingerprint density at radius 1 is 1.17 bits per heavy atom. The third-order valence-corrected chi connectivity index (χ3v) is 6.60. The van der Waals surface area contributed by atoms with Gasteiger partial charge in [0.2, 0.25) is 0 Å². The minimum absolute atomic E-state index is 0.222. The Balaban J connectivity index is 0.000000501. The van der Waals surface area contributed by atoms with Crippen molar-refractivity contribution in [3.8, 4) is 0 Å². The van der Waals surface area contributed by atoms with E-state index in [0.29, 0.717) is 6.54 Å². The van der Waals surface area contributed by atoms with Gasteiger partial charge < -0.3 is 15.7 Å². The summed E-state index contributed by atoms with van der Waals surface area (Å²) in [6.45, 7) is 4.33. The van der Waals surface area contributed by atoms with Gasteiger partial charge in [0.1, 0.15) is 0 Å². The van der Waals surface area contributed by atoms with Crippen molar-refractivity contribution in [3.63, 3.8) is 0 Å². The molecule has 2 aliphatic rings. The summed E-state index contributed by atoms with van der Waals surface area (Å²) in [6, 6.07) is 8.47. The number of halogens is 1. The molecular formula is C28H36ClN3O4. The molecule has 2 aromatic rings. The first-order valence-electron chi connectivity index (χ1n) is 12.6. The van der Waals surface area contributed by atoms with Gasteiger partial charge in [0.25, 0.3) is 0 Å². The number of hydrogen-bond acceptors (Lipinski definition) is 6. The average molecular weight is 514 g/mol. The molecule has 36 heavy (non-hydrogen) atoms. The molecule has 0 atom stereocenters. The van der Waals surface area contributed by atoms with E-state index in [2.05, 4.69) is 46.0 Å². The predicted molar refractivity (Wildman–Crippen MR) is 142 cm³/mol. The van der Waals surface area contributed by atoms with Gasteiger partial charge in [0, 0.05) is 12.6 Å². The van der Waals surface area contributed by atoms with E-state index in [9.17, 15) is 4.79 Å². The molecule has 1 aromatic carbocycles. The molecule has 1 aromatic heterocycles. The van der Waals surface area contributed by atoms with Crippen molar-refractivity contribution in [3.05, 3.63) is 63.9 Å². The monoisotopic (exact) mass is 513 g/mol. The van der Waals surface area contributed by atoms with Crippen LogP contribution < -0.4 is 10.6 Å². The van der Waals surface area contributed by atoms with Crippen LogP contribution in [0.1, 0.15) is 67.8 Å². The highest BCUT2D eigenvalue weighted by molar-refractivity contribution is 6.33. The van der Waals surface area contributed by atoms with Crippen LogP contribution in [0.3, 0.4) is 0 Å². The van der Waals surface area contributed by atoms with Gasteiger partial charge in [-0.1, -0.05) is 62.1 Å². The summed E-state index contributed by atoms with van der Waals surface area (Å²) in [7, 11) is 0. The lowest BCUT2D eigenvalue weighted by atomic mass is 9.89. The number of carboxylic acids is 1. The maximum Gasteiger partial charge on any atom is 0.373 e. The number of rotatable bonds is 6. The number of allylic oxidation sites excluding steroid dienone is 1. The van der Waals surface area contributed by atoms with E-state index in [1.54, 1.807) is 6.92 Å². The molecule has 3 N–H and O–H groups in total. The summed E-state index contributed by atoms with van der Waals surface area (Å²) in [4.78, 5) is 30.3. The Morgan fingerprint density at radius 3 is 2.50 bits per heavy atom. The van der Waals surface area contributed by atoms with Crippen LogP contribution in [0.4, 0.5) is 5.69 Å². The SMILES string of the molecule is CCC(=O)O.Clc1ccc2c(c1NCc1ccc(/C=C/C3CCCCC3)cn1)CCNCC2.O=C=O. The molecule has 1 aliphatic heterocycles. The van der Waals surface area contributed by atoms with Crippen LogP contribution in [0.25, 0.3) is 6.08 Å². The van der Waals surface area contributed by atoms with Crippen molar-refractivity contribution in [1.29, 1.82) is 0 Å². The van der Waals surface area contributed by atoms with Gasteiger partial charge in [-0.2, -0.15) is 9.59 Å². The fourth-order valence-corrected chi connectivity index (χ4v) is 4.57. The topological polar surface area (TPSA) is 108 Å². The van der Waals surface area contributed by atoms with E-state index in [1.165, 1.54) is 48.8 Å². The van der Waals surface area contributed by atoms with Gasteiger partial charge in [-0.25, -0.2) is 0 Å². The van der Waals surface area contributed by atoms with Crippen LogP contribution in [0.15, 0.2) is 36.5 Å². The van der Waals surface area contributed by atoms with Crippen molar-refractivity contribution in [1.82, 2.24) is 10.3 Å². The van der Waals surface area contributed by atoms with Gasteiger partial charge in [-0.05, 0) is 73.5 Å². The van der Waals surface area contributed by atoms with Crippen LogP contribution in [-0.4, -0.2) is 35.3 Å².